The third kappa shape index (κ3) is 5.89. The van der Waals surface area contributed by atoms with E-state index < -0.39 is 0 Å². The Bertz CT molecular complexity index is 412. The lowest BCUT2D eigenvalue weighted by Crippen LogP contribution is -2.33. The Morgan fingerprint density at radius 1 is 1.38 bits per heavy atom. The van der Waals surface area contributed by atoms with Crippen molar-refractivity contribution in [3.05, 3.63) is 29.3 Å². The number of aryl methyl sites for hydroxylation is 1. The average molecular weight is 311 g/mol. The lowest BCUT2D eigenvalue weighted by atomic mass is 10.1. The highest BCUT2D eigenvalue weighted by atomic mass is 32.2. The third-order valence-electron chi connectivity index (χ3n) is 3.83. The second-order valence-electron chi connectivity index (χ2n) is 5.42. The number of anilines is 1. The van der Waals surface area contributed by atoms with E-state index in [1.165, 1.54) is 29.0 Å². The maximum atomic E-state index is 5.04. The van der Waals surface area contributed by atoms with Crippen molar-refractivity contribution >= 4 is 17.4 Å². The van der Waals surface area contributed by atoms with Crippen LogP contribution in [0.25, 0.3) is 0 Å². The molecule has 1 aromatic carbocycles. The van der Waals surface area contributed by atoms with Crippen LogP contribution in [0.3, 0.4) is 0 Å². The molecule has 4 heteroatoms. The molecule has 1 rings (SSSR count). The minimum Gasteiger partial charge on any atom is -0.383 e. The number of hydrogen-bond donors (Lipinski definition) is 1. The molecule has 0 fully saturated rings. The summed E-state index contributed by atoms with van der Waals surface area (Å²) in [5, 5.41) is 3.39. The van der Waals surface area contributed by atoms with Gasteiger partial charge in [0.25, 0.3) is 0 Å². The average Bonchev–Trinajstić information content (AvgIpc) is 2.48. The maximum Gasteiger partial charge on any atom is 0.0587 e. The quantitative estimate of drug-likeness (QED) is 0.670. The number of ether oxygens (including phenoxy) is 1. The molecule has 0 aromatic heterocycles. The first-order valence-corrected chi connectivity index (χ1v) is 9.04. The van der Waals surface area contributed by atoms with E-state index in [1.807, 2.05) is 11.8 Å². The van der Waals surface area contributed by atoms with Gasteiger partial charge in [-0.25, -0.2) is 0 Å². The highest BCUT2D eigenvalue weighted by molar-refractivity contribution is 7.98. The second-order valence-corrected chi connectivity index (χ2v) is 6.33. The van der Waals surface area contributed by atoms with Gasteiger partial charge in [0.15, 0.2) is 0 Å². The molecule has 3 nitrogen and oxygen atoms in total. The molecule has 1 unspecified atom stereocenters. The smallest absolute Gasteiger partial charge is 0.0587 e. The van der Waals surface area contributed by atoms with Crippen molar-refractivity contribution in [2.45, 2.75) is 32.9 Å². The van der Waals surface area contributed by atoms with Crippen LogP contribution in [0.15, 0.2) is 18.2 Å². The normalized spacial score (nSPS) is 12.4. The van der Waals surface area contributed by atoms with E-state index >= 15 is 0 Å². The largest absolute Gasteiger partial charge is 0.383 e. The van der Waals surface area contributed by atoms with Gasteiger partial charge in [-0.3, -0.25) is 0 Å². The van der Waals surface area contributed by atoms with E-state index in [4.69, 9.17) is 4.74 Å². The van der Waals surface area contributed by atoms with Gasteiger partial charge in [0, 0.05) is 44.7 Å². The molecule has 21 heavy (non-hydrogen) atoms. The summed E-state index contributed by atoms with van der Waals surface area (Å²) in [4.78, 5) is 2.42. The Hall–Kier alpha value is -0.710. The van der Waals surface area contributed by atoms with Crippen molar-refractivity contribution in [1.29, 1.82) is 0 Å². The van der Waals surface area contributed by atoms with Crippen LogP contribution >= 0.6 is 11.8 Å². The molecule has 0 radical (unpaired) electrons. The van der Waals surface area contributed by atoms with E-state index in [2.05, 4.69) is 55.6 Å². The third-order valence-corrected chi connectivity index (χ3v) is 4.55. The van der Waals surface area contributed by atoms with Crippen molar-refractivity contribution in [2.75, 3.05) is 44.2 Å². The molecule has 1 N–H and O–H groups in total. The highest BCUT2D eigenvalue weighted by Gasteiger charge is 2.14. The van der Waals surface area contributed by atoms with Crippen LogP contribution in [0, 0.1) is 6.92 Å². The second kappa shape index (κ2) is 10.1. The zero-order valence-electron chi connectivity index (χ0n) is 14.1. The summed E-state index contributed by atoms with van der Waals surface area (Å²) in [6.45, 7) is 7.02. The summed E-state index contributed by atoms with van der Waals surface area (Å²) in [6, 6.07) is 7.37. The van der Waals surface area contributed by atoms with Crippen molar-refractivity contribution in [1.82, 2.24) is 5.32 Å². The van der Waals surface area contributed by atoms with Crippen LogP contribution in [-0.4, -0.2) is 45.4 Å². The minimum absolute atomic E-state index is 0.601. The number of nitrogens with one attached hydrogen (secondary N) is 1. The predicted octanol–water partition coefficient (Wildman–Crippen LogP) is 3.31. The van der Waals surface area contributed by atoms with Crippen LogP contribution in [0.2, 0.25) is 0 Å². The first-order chi connectivity index (χ1) is 10.1. The molecule has 0 saturated carbocycles. The fraction of sp³-hybridized carbons (Fsp3) is 0.647. The van der Waals surface area contributed by atoms with Crippen LogP contribution in [0.5, 0.6) is 0 Å². The van der Waals surface area contributed by atoms with Gasteiger partial charge in [0.2, 0.25) is 0 Å². The summed E-state index contributed by atoms with van der Waals surface area (Å²) in [7, 11) is 3.94. The topological polar surface area (TPSA) is 24.5 Å². The number of rotatable bonds is 10. The summed E-state index contributed by atoms with van der Waals surface area (Å²) >= 11 is 1.92. The molecule has 1 atom stereocenters. The Morgan fingerprint density at radius 3 is 2.71 bits per heavy atom. The van der Waals surface area contributed by atoms with Crippen molar-refractivity contribution in [3.8, 4) is 0 Å². The zero-order chi connectivity index (χ0) is 15.7. The molecule has 0 spiro atoms. The summed E-state index contributed by atoms with van der Waals surface area (Å²) in [5.74, 6) is 1.17. The van der Waals surface area contributed by atoms with Crippen LogP contribution < -0.4 is 10.2 Å². The van der Waals surface area contributed by atoms with Crippen LogP contribution in [-0.2, 0) is 11.3 Å². The number of benzene rings is 1. The molecule has 120 valence electrons. The lowest BCUT2D eigenvalue weighted by molar-refractivity contribution is 0.199. The van der Waals surface area contributed by atoms with Gasteiger partial charge in [-0.15, -0.1) is 0 Å². The molecule has 1 aromatic rings. The number of thioether (sulfide) groups is 1. The number of hydrogen-bond acceptors (Lipinski definition) is 4. The fourth-order valence-corrected chi connectivity index (χ4v) is 3.37. The first kappa shape index (κ1) is 18.3. The van der Waals surface area contributed by atoms with Gasteiger partial charge in [-0.2, -0.15) is 11.8 Å². The first-order valence-electron chi connectivity index (χ1n) is 7.65. The van der Waals surface area contributed by atoms with Gasteiger partial charge in [-0.05, 0) is 36.8 Å². The standard InChI is InChI=1S/C17H30N2OS/c1-6-16(13-21-5)19(3)17-8-7-15(11-14(17)2)12-18-9-10-20-4/h7-8,11,16,18H,6,9-10,12-13H2,1-5H3. The molecule has 0 aliphatic carbocycles. The van der Waals surface area contributed by atoms with Crippen molar-refractivity contribution in [3.63, 3.8) is 0 Å². The Kier molecular flexibility index (Phi) is 8.81. The molecular formula is C17H30N2OS. The number of nitrogens with zero attached hydrogens (tertiary/aromatic N) is 1. The van der Waals surface area contributed by atoms with Gasteiger partial charge in [-0.1, -0.05) is 19.1 Å². The number of methoxy groups -OCH3 is 1. The summed E-state index contributed by atoms with van der Waals surface area (Å²) in [6.07, 6.45) is 3.36. The molecule has 0 aliphatic heterocycles. The molecule has 0 saturated heterocycles. The van der Waals surface area contributed by atoms with Gasteiger partial charge >= 0.3 is 0 Å². The molecule has 0 aliphatic rings. The molecular weight excluding hydrogens is 280 g/mol. The zero-order valence-corrected chi connectivity index (χ0v) is 14.9. The minimum atomic E-state index is 0.601. The van der Waals surface area contributed by atoms with Crippen LogP contribution in [0.1, 0.15) is 24.5 Å². The Morgan fingerprint density at radius 2 is 2.14 bits per heavy atom. The predicted molar refractivity (Wildman–Crippen MR) is 95.6 cm³/mol. The Labute approximate surface area is 134 Å². The molecule has 0 heterocycles. The van der Waals surface area contributed by atoms with Gasteiger partial charge in [0.05, 0.1) is 6.61 Å². The Balaban J connectivity index is 2.68. The van der Waals surface area contributed by atoms with E-state index in [9.17, 15) is 0 Å². The summed E-state index contributed by atoms with van der Waals surface area (Å²) < 4.78 is 5.04. The van der Waals surface area contributed by atoms with Crippen molar-refractivity contribution in [2.24, 2.45) is 0 Å². The molecule has 0 amide bonds. The maximum absolute atomic E-state index is 5.04. The summed E-state index contributed by atoms with van der Waals surface area (Å²) in [5.41, 5.74) is 4.03. The van der Waals surface area contributed by atoms with Gasteiger partial charge < -0.3 is 15.0 Å². The fourth-order valence-electron chi connectivity index (χ4n) is 2.52. The molecule has 0 bridgehead atoms. The van der Waals surface area contributed by atoms with Crippen LogP contribution in [0.4, 0.5) is 5.69 Å². The monoisotopic (exact) mass is 310 g/mol. The lowest BCUT2D eigenvalue weighted by Gasteiger charge is -2.30. The van der Waals surface area contributed by atoms with Crippen molar-refractivity contribution < 1.29 is 4.74 Å². The van der Waals surface area contributed by atoms with E-state index in [1.54, 1.807) is 7.11 Å². The SMILES string of the molecule is CCC(CSC)N(C)c1ccc(CNCCOC)cc1C. The highest BCUT2D eigenvalue weighted by Crippen LogP contribution is 2.24. The van der Waals surface area contributed by atoms with E-state index in [0.717, 1.165) is 19.7 Å². The van der Waals surface area contributed by atoms with Gasteiger partial charge in [0.1, 0.15) is 0 Å². The van der Waals surface area contributed by atoms with E-state index in [0.29, 0.717) is 6.04 Å². The van der Waals surface area contributed by atoms with E-state index in [-0.39, 0.29) is 0 Å².